The van der Waals surface area contributed by atoms with E-state index in [1.807, 2.05) is 42.2 Å². The van der Waals surface area contributed by atoms with Gasteiger partial charge in [0, 0.05) is 30.3 Å². The van der Waals surface area contributed by atoms with Crippen LogP contribution < -0.4 is 0 Å². The Bertz CT molecular complexity index is 747. The third kappa shape index (κ3) is 2.58. The van der Waals surface area contributed by atoms with Gasteiger partial charge in [0.15, 0.2) is 5.78 Å². The third-order valence-corrected chi connectivity index (χ3v) is 3.88. The second-order valence-corrected chi connectivity index (χ2v) is 5.27. The van der Waals surface area contributed by atoms with Crippen LogP contribution in [-0.2, 0) is 6.54 Å². The van der Waals surface area contributed by atoms with Gasteiger partial charge < -0.3 is 4.90 Å². The van der Waals surface area contributed by atoms with Gasteiger partial charge in [-0.1, -0.05) is 54.6 Å². The summed E-state index contributed by atoms with van der Waals surface area (Å²) in [5, 5.41) is 0. The molecule has 1 aliphatic rings. The summed E-state index contributed by atoms with van der Waals surface area (Å²) in [6.45, 7) is 3.27. The van der Waals surface area contributed by atoms with Crippen LogP contribution in [0.3, 0.4) is 0 Å². The van der Waals surface area contributed by atoms with Gasteiger partial charge in [-0.15, -0.1) is 0 Å². The van der Waals surface area contributed by atoms with E-state index in [-0.39, 0.29) is 11.6 Å². The number of rotatable bonds is 4. The Labute approximate surface area is 129 Å². The zero-order valence-corrected chi connectivity index (χ0v) is 12.5. The summed E-state index contributed by atoms with van der Waals surface area (Å²) >= 11 is 0. The molecule has 0 unspecified atom stereocenters. The minimum atomic E-state index is -0.100. The van der Waals surface area contributed by atoms with Crippen LogP contribution in [0.25, 0.3) is 0 Å². The number of likely N-dealkylation sites (N-methyl/N-ethyl adjacent to an activating group) is 1. The smallest absolute Gasteiger partial charge is 0.209 e. The molecule has 0 saturated carbocycles. The van der Waals surface area contributed by atoms with E-state index in [4.69, 9.17) is 0 Å². The number of nitrogens with zero attached hydrogens (tertiary/aromatic N) is 1. The van der Waals surface area contributed by atoms with Crippen molar-refractivity contribution in [1.82, 2.24) is 4.90 Å². The lowest BCUT2D eigenvalue weighted by atomic mass is 9.92. The number of carbonyl (C=O) groups is 2. The molecule has 3 nitrogen and oxygen atoms in total. The molecule has 0 aromatic heterocycles. The number of allylic oxidation sites excluding steroid dienone is 2. The second kappa shape index (κ2) is 5.98. The lowest BCUT2D eigenvalue weighted by Gasteiger charge is -2.27. The molecule has 3 rings (SSSR count). The molecule has 0 amide bonds. The molecular weight excluding hydrogens is 274 g/mol. The van der Waals surface area contributed by atoms with E-state index in [0.29, 0.717) is 29.9 Å². The number of fused-ring (bicyclic) bond motifs is 1. The number of carbonyl (C=O) groups excluding carboxylic acids is 2. The molecule has 0 spiro atoms. The van der Waals surface area contributed by atoms with Crippen molar-refractivity contribution in [3.63, 3.8) is 0 Å². The highest BCUT2D eigenvalue weighted by Crippen LogP contribution is 2.24. The van der Waals surface area contributed by atoms with Gasteiger partial charge in [-0.3, -0.25) is 9.59 Å². The first kappa shape index (κ1) is 14.3. The van der Waals surface area contributed by atoms with Crippen molar-refractivity contribution < 1.29 is 9.59 Å². The van der Waals surface area contributed by atoms with E-state index in [9.17, 15) is 9.59 Å². The second-order valence-electron chi connectivity index (χ2n) is 5.27. The van der Waals surface area contributed by atoms with E-state index in [1.165, 1.54) is 6.08 Å². The largest absolute Gasteiger partial charge is 0.364 e. The van der Waals surface area contributed by atoms with E-state index >= 15 is 0 Å². The van der Waals surface area contributed by atoms with Gasteiger partial charge in [-0.2, -0.15) is 0 Å². The maximum Gasteiger partial charge on any atom is 0.209 e. The van der Waals surface area contributed by atoms with E-state index in [0.717, 1.165) is 5.56 Å². The van der Waals surface area contributed by atoms with Gasteiger partial charge >= 0.3 is 0 Å². The van der Waals surface area contributed by atoms with Crippen molar-refractivity contribution in [1.29, 1.82) is 0 Å². The van der Waals surface area contributed by atoms with Crippen LogP contribution in [0, 0.1) is 0 Å². The van der Waals surface area contributed by atoms with E-state index < -0.39 is 0 Å². The summed E-state index contributed by atoms with van der Waals surface area (Å²) in [4.78, 5) is 26.9. The van der Waals surface area contributed by atoms with Gasteiger partial charge in [-0.05, 0) is 12.5 Å². The van der Waals surface area contributed by atoms with Crippen molar-refractivity contribution in [3.8, 4) is 0 Å². The first-order chi connectivity index (χ1) is 10.7. The lowest BCUT2D eigenvalue weighted by Crippen LogP contribution is -2.31. The molecule has 1 aliphatic carbocycles. The highest BCUT2D eigenvalue weighted by molar-refractivity contribution is 6.24. The van der Waals surface area contributed by atoms with Crippen LogP contribution in [0.15, 0.2) is 66.4 Å². The Kier molecular flexibility index (Phi) is 3.88. The molecule has 22 heavy (non-hydrogen) atoms. The van der Waals surface area contributed by atoms with Crippen molar-refractivity contribution in [2.45, 2.75) is 13.5 Å². The summed E-state index contributed by atoms with van der Waals surface area (Å²) < 4.78 is 0. The number of hydrogen-bond donors (Lipinski definition) is 0. The number of Topliss-reactive ketones (excluding diaryl/α,β-unsaturated/α-hetero) is 1. The molecule has 0 aliphatic heterocycles. The molecule has 2 aromatic rings. The fourth-order valence-corrected chi connectivity index (χ4v) is 2.71. The predicted octanol–water partition coefficient (Wildman–Crippen LogP) is 3.47. The average Bonchev–Trinajstić information content (AvgIpc) is 2.57. The van der Waals surface area contributed by atoms with Crippen molar-refractivity contribution >= 4 is 11.6 Å². The van der Waals surface area contributed by atoms with Crippen LogP contribution in [0.2, 0.25) is 0 Å². The third-order valence-electron chi connectivity index (χ3n) is 3.88. The standard InChI is InChI=1S/C19H17NO2/c1-2-20(13-14-8-4-3-5-9-14)17-12-18(21)15-10-6-7-11-16(15)19(17)22/h3-12H,2,13H2,1H3. The van der Waals surface area contributed by atoms with Gasteiger partial charge in [0.25, 0.3) is 0 Å². The summed E-state index contributed by atoms with van der Waals surface area (Å²) in [7, 11) is 0. The Morgan fingerprint density at radius 2 is 1.50 bits per heavy atom. The average molecular weight is 291 g/mol. The van der Waals surface area contributed by atoms with Gasteiger partial charge in [0.1, 0.15) is 0 Å². The summed E-state index contributed by atoms with van der Waals surface area (Å²) in [5.41, 5.74) is 2.59. The van der Waals surface area contributed by atoms with Crippen molar-refractivity contribution in [2.24, 2.45) is 0 Å². The maximum absolute atomic E-state index is 12.7. The fraction of sp³-hybridized carbons (Fsp3) is 0.158. The molecule has 110 valence electrons. The van der Waals surface area contributed by atoms with E-state index in [2.05, 4.69) is 0 Å². The molecule has 2 aromatic carbocycles. The van der Waals surface area contributed by atoms with Crippen LogP contribution in [0.4, 0.5) is 0 Å². The SMILES string of the molecule is CCN(Cc1ccccc1)C1=CC(=O)c2ccccc2C1=O. The quantitative estimate of drug-likeness (QED) is 0.865. The highest BCUT2D eigenvalue weighted by atomic mass is 16.1. The molecular formula is C19H17NO2. The molecule has 0 bridgehead atoms. The van der Waals surface area contributed by atoms with Crippen molar-refractivity contribution in [2.75, 3.05) is 6.54 Å². The van der Waals surface area contributed by atoms with Crippen LogP contribution in [0.1, 0.15) is 33.2 Å². The van der Waals surface area contributed by atoms with Crippen molar-refractivity contribution in [3.05, 3.63) is 83.1 Å². The van der Waals surface area contributed by atoms with Crippen LogP contribution >= 0.6 is 0 Å². The highest BCUT2D eigenvalue weighted by Gasteiger charge is 2.28. The van der Waals surface area contributed by atoms with E-state index in [1.54, 1.807) is 24.3 Å². The Balaban J connectivity index is 1.93. The summed E-state index contributed by atoms with van der Waals surface area (Å²) in [5.74, 6) is -0.176. The summed E-state index contributed by atoms with van der Waals surface area (Å²) in [6, 6.07) is 16.9. The number of benzene rings is 2. The number of hydrogen-bond acceptors (Lipinski definition) is 3. The molecule has 0 radical (unpaired) electrons. The van der Waals surface area contributed by atoms with Gasteiger partial charge in [0.2, 0.25) is 5.78 Å². The fourth-order valence-electron chi connectivity index (χ4n) is 2.71. The molecule has 3 heteroatoms. The van der Waals surface area contributed by atoms with Gasteiger partial charge in [0.05, 0.1) is 5.70 Å². The minimum absolute atomic E-state index is 0.0759. The molecule has 0 fully saturated rings. The Hall–Kier alpha value is -2.68. The normalized spacial score (nSPS) is 13.6. The molecule has 0 heterocycles. The zero-order chi connectivity index (χ0) is 15.5. The van der Waals surface area contributed by atoms with Crippen LogP contribution in [0.5, 0.6) is 0 Å². The predicted molar refractivity (Wildman–Crippen MR) is 85.7 cm³/mol. The monoisotopic (exact) mass is 291 g/mol. The zero-order valence-electron chi connectivity index (χ0n) is 12.5. The molecule has 0 atom stereocenters. The first-order valence-corrected chi connectivity index (χ1v) is 7.39. The minimum Gasteiger partial charge on any atom is -0.364 e. The lowest BCUT2D eigenvalue weighted by molar-refractivity contribution is 0.0950. The van der Waals surface area contributed by atoms with Crippen LogP contribution in [-0.4, -0.2) is 23.0 Å². The molecule has 0 N–H and O–H groups in total. The summed E-state index contributed by atoms with van der Waals surface area (Å²) in [6.07, 6.45) is 1.47. The Morgan fingerprint density at radius 1 is 0.864 bits per heavy atom. The maximum atomic E-state index is 12.7. The van der Waals surface area contributed by atoms with Gasteiger partial charge in [-0.25, -0.2) is 0 Å². The Morgan fingerprint density at radius 3 is 2.18 bits per heavy atom. The topological polar surface area (TPSA) is 37.4 Å². The molecule has 0 saturated heterocycles. The first-order valence-electron chi connectivity index (χ1n) is 7.39. The number of ketones is 2.